The minimum atomic E-state index is -0.209. The highest BCUT2D eigenvalue weighted by atomic mass is 16.5. The monoisotopic (exact) mass is 446 g/mol. The van der Waals surface area contributed by atoms with Gasteiger partial charge in [0.2, 0.25) is 0 Å². The third kappa shape index (κ3) is 6.60. The molecule has 1 saturated heterocycles. The molecule has 1 aliphatic rings. The molecule has 1 amide bonds. The average molecular weight is 447 g/mol. The summed E-state index contributed by atoms with van der Waals surface area (Å²) in [7, 11) is 2.14. The van der Waals surface area contributed by atoms with E-state index in [1.807, 2.05) is 54.6 Å². The van der Waals surface area contributed by atoms with Crippen LogP contribution in [0, 0.1) is 0 Å². The van der Waals surface area contributed by atoms with Crippen LogP contribution in [-0.2, 0) is 11.3 Å². The van der Waals surface area contributed by atoms with E-state index >= 15 is 0 Å². The molecule has 1 N–H and O–H groups in total. The number of benzene rings is 2. The number of ether oxygens (including phenoxy) is 2. The Morgan fingerprint density at radius 1 is 1.09 bits per heavy atom. The van der Waals surface area contributed by atoms with Crippen molar-refractivity contribution in [1.29, 1.82) is 0 Å². The normalized spacial score (nSPS) is 14.2. The molecule has 2 aromatic carbocycles. The van der Waals surface area contributed by atoms with Crippen molar-refractivity contribution in [1.82, 2.24) is 20.2 Å². The Labute approximate surface area is 194 Å². The largest absolute Gasteiger partial charge is 0.492 e. The number of hydrogen-bond donors (Lipinski definition) is 1. The molecule has 1 fully saturated rings. The van der Waals surface area contributed by atoms with Crippen molar-refractivity contribution in [3.63, 3.8) is 0 Å². The van der Waals surface area contributed by atoms with Crippen LogP contribution in [0.15, 0.2) is 67.0 Å². The van der Waals surface area contributed by atoms with Crippen LogP contribution in [0.25, 0.3) is 11.4 Å². The Morgan fingerprint density at radius 3 is 2.61 bits per heavy atom. The summed E-state index contributed by atoms with van der Waals surface area (Å²) in [6, 6.07) is 18.1. The van der Waals surface area contributed by atoms with Crippen LogP contribution in [0.3, 0.4) is 0 Å². The van der Waals surface area contributed by atoms with Gasteiger partial charge in [0.15, 0.2) is 5.82 Å². The molecule has 33 heavy (non-hydrogen) atoms. The number of rotatable bonds is 9. The van der Waals surface area contributed by atoms with Gasteiger partial charge < -0.3 is 14.8 Å². The molecule has 0 aliphatic carbocycles. The molecule has 0 spiro atoms. The molecule has 3 aromatic rings. The van der Waals surface area contributed by atoms with E-state index < -0.39 is 0 Å². The van der Waals surface area contributed by atoms with Crippen molar-refractivity contribution < 1.29 is 14.3 Å². The van der Waals surface area contributed by atoms with E-state index in [9.17, 15) is 4.79 Å². The summed E-state index contributed by atoms with van der Waals surface area (Å²) in [4.78, 5) is 23.5. The fourth-order valence-corrected chi connectivity index (χ4v) is 3.83. The van der Waals surface area contributed by atoms with Crippen LogP contribution >= 0.6 is 0 Å². The molecular weight excluding hydrogens is 416 g/mol. The Hall–Kier alpha value is -3.29. The second-order valence-electron chi connectivity index (χ2n) is 8.16. The molecule has 0 unspecified atom stereocenters. The third-order valence-corrected chi connectivity index (χ3v) is 5.82. The van der Waals surface area contributed by atoms with Crippen LogP contribution in [-0.4, -0.2) is 60.2 Å². The zero-order chi connectivity index (χ0) is 22.9. The first-order valence-corrected chi connectivity index (χ1v) is 11.3. The number of amides is 1. The minimum Gasteiger partial charge on any atom is -0.492 e. The summed E-state index contributed by atoms with van der Waals surface area (Å²) in [5, 5.41) is 2.92. The summed E-state index contributed by atoms with van der Waals surface area (Å²) in [5.74, 6) is 1.19. The van der Waals surface area contributed by atoms with Gasteiger partial charge in [0.1, 0.15) is 12.4 Å². The molecule has 172 valence electrons. The van der Waals surface area contributed by atoms with Crippen LogP contribution in [0.1, 0.15) is 28.8 Å². The van der Waals surface area contributed by atoms with Gasteiger partial charge in [-0.3, -0.25) is 9.69 Å². The molecule has 7 nitrogen and oxygen atoms in total. The summed E-state index contributed by atoms with van der Waals surface area (Å²) in [6.07, 6.45) is 5.26. The average Bonchev–Trinajstić information content (AvgIpc) is 2.88. The van der Waals surface area contributed by atoms with E-state index in [-0.39, 0.29) is 5.91 Å². The van der Waals surface area contributed by atoms with Gasteiger partial charge in [-0.15, -0.1) is 0 Å². The smallest absolute Gasteiger partial charge is 0.254 e. The number of aromatic nitrogens is 2. The SMILES string of the molecule is CN(CCOc1cccc(CNC(=O)c2cnc(-c3ccccc3)nc2)c1)C1CCOCC1. The number of nitrogens with zero attached hydrogens (tertiary/aromatic N) is 3. The predicted octanol–water partition coefficient (Wildman–Crippen LogP) is 3.56. The van der Waals surface area contributed by atoms with Crippen LogP contribution < -0.4 is 10.1 Å². The van der Waals surface area contributed by atoms with Gasteiger partial charge in [0.05, 0.1) is 5.56 Å². The number of hydrogen-bond acceptors (Lipinski definition) is 6. The van der Waals surface area contributed by atoms with Crippen LogP contribution in [0.5, 0.6) is 5.75 Å². The second kappa shape index (κ2) is 11.5. The lowest BCUT2D eigenvalue weighted by atomic mass is 10.1. The van der Waals surface area contributed by atoms with Gasteiger partial charge in [-0.1, -0.05) is 42.5 Å². The first kappa shape index (κ1) is 22.9. The first-order chi connectivity index (χ1) is 16.2. The quantitative estimate of drug-likeness (QED) is 0.542. The van der Waals surface area contributed by atoms with E-state index in [4.69, 9.17) is 9.47 Å². The Morgan fingerprint density at radius 2 is 1.85 bits per heavy atom. The van der Waals surface area contributed by atoms with E-state index in [2.05, 4.69) is 27.2 Å². The number of likely N-dealkylation sites (N-methyl/N-ethyl adjacent to an activating group) is 1. The van der Waals surface area contributed by atoms with Crippen molar-refractivity contribution in [2.45, 2.75) is 25.4 Å². The summed E-state index contributed by atoms with van der Waals surface area (Å²) >= 11 is 0. The maximum absolute atomic E-state index is 12.5. The van der Waals surface area contributed by atoms with Crippen molar-refractivity contribution in [3.8, 4) is 17.1 Å². The highest BCUT2D eigenvalue weighted by Crippen LogP contribution is 2.16. The highest BCUT2D eigenvalue weighted by Gasteiger charge is 2.18. The van der Waals surface area contributed by atoms with Crippen molar-refractivity contribution in [2.24, 2.45) is 0 Å². The molecule has 0 atom stereocenters. The lowest BCUT2D eigenvalue weighted by Crippen LogP contribution is -2.38. The molecule has 0 radical (unpaired) electrons. The maximum atomic E-state index is 12.5. The molecule has 1 aromatic heterocycles. The highest BCUT2D eigenvalue weighted by molar-refractivity contribution is 5.93. The molecule has 2 heterocycles. The molecule has 0 bridgehead atoms. The topological polar surface area (TPSA) is 76.6 Å². The summed E-state index contributed by atoms with van der Waals surface area (Å²) in [6.45, 7) is 3.57. The number of carbonyl (C=O) groups excluding carboxylic acids is 1. The third-order valence-electron chi connectivity index (χ3n) is 5.82. The van der Waals surface area contributed by atoms with Crippen molar-refractivity contribution in [3.05, 3.63) is 78.1 Å². The van der Waals surface area contributed by atoms with E-state index in [0.29, 0.717) is 30.6 Å². The van der Waals surface area contributed by atoms with E-state index in [1.165, 1.54) is 0 Å². The molecule has 1 aliphatic heterocycles. The molecular formula is C26H30N4O3. The van der Waals surface area contributed by atoms with Gasteiger partial charge in [-0.25, -0.2) is 9.97 Å². The lowest BCUT2D eigenvalue weighted by Gasteiger charge is -2.31. The van der Waals surface area contributed by atoms with Gasteiger partial charge in [0, 0.05) is 50.3 Å². The van der Waals surface area contributed by atoms with E-state index in [1.54, 1.807) is 12.4 Å². The molecule has 7 heteroatoms. The molecule has 4 rings (SSSR count). The van der Waals surface area contributed by atoms with Crippen LogP contribution in [0.4, 0.5) is 0 Å². The fourth-order valence-electron chi connectivity index (χ4n) is 3.83. The zero-order valence-electron chi connectivity index (χ0n) is 18.9. The predicted molar refractivity (Wildman–Crippen MR) is 127 cm³/mol. The standard InChI is InChI=1S/C26H30N4O3/c1-30(23-10-13-32-14-11-23)12-15-33-24-9-5-6-20(16-24)17-29-26(31)22-18-27-25(28-19-22)21-7-3-2-4-8-21/h2-9,16,18-19,23H,10-15,17H2,1H3,(H,29,31). The Balaban J connectivity index is 1.24. The van der Waals surface area contributed by atoms with Gasteiger partial charge in [0.25, 0.3) is 5.91 Å². The summed E-state index contributed by atoms with van der Waals surface area (Å²) < 4.78 is 11.4. The van der Waals surface area contributed by atoms with Gasteiger partial charge in [-0.2, -0.15) is 0 Å². The fraction of sp³-hybridized carbons (Fsp3) is 0.346. The summed E-state index contributed by atoms with van der Waals surface area (Å²) in [5.41, 5.74) is 2.32. The van der Waals surface area contributed by atoms with Gasteiger partial charge >= 0.3 is 0 Å². The minimum absolute atomic E-state index is 0.209. The maximum Gasteiger partial charge on any atom is 0.254 e. The van der Waals surface area contributed by atoms with Crippen molar-refractivity contribution in [2.75, 3.05) is 33.4 Å². The van der Waals surface area contributed by atoms with Crippen LogP contribution in [0.2, 0.25) is 0 Å². The zero-order valence-corrected chi connectivity index (χ0v) is 18.9. The second-order valence-corrected chi connectivity index (χ2v) is 8.16. The van der Waals surface area contributed by atoms with Gasteiger partial charge in [-0.05, 0) is 37.6 Å². The van der Waals surface area contributed by atoms with E-state index in [0.717, 1.165) is 49.5 Å². The van der Waals surface area contributed by atoms with Crippen molar-refractivity contribution >= 4 is 5.91 Å². The lowest BCUT2D eigenvalue weighted by molar-refractivity contribution is 0.0392. The number of carbonyl (C=O) groups is 1. The Bertz CT molecular complexity index is 1020. The Kier molecular flexibility index (Phi) is 8.00. The number of nitrogens with one attached hydrogen (secondary N) is 1. The first-order valence-electron chi connectivity index (χ1n) is 11.3. The molecule has 0 saturated carbocycles.